The summed E-state index contributed by atoms with van der Waals surface area (Å²) >= 11 is 0. The molecule has 0 bridgehead atoms. The van der Waals surface area contributed by atoms with Gasteiger partial charge in [0.25, 0.3) is 0 Å². The molecular formula is C16H28N4. The van der Waals surface area contributed by atoms with Gasteiger partial charge in [0.15, 0.2) is 0 Å². The molecule has 4 heteroatoms. The van der Waals surface area contributed by atoms with Crippen molar-refractivity contribution < 1.29 is 0 Å². The van der Waals surface area contributed by atoms with Crippen molar-refractivity contribution in [1.29, 1.82) is 0 Å². The highest BCUT2D eigenvalue weighted by Gasteiger charge is 2.26. The molecule has 2 aliphatic rings. The van der Waals surface area contributed by atoms with E-state index in [1.54, 1.807) is 0 Å². The van der Waals surface area contributed by atoms with E-state index >= 15 is 0 Å². The van der Waals surface area contributed by atoms with Gasteiger partial charge in [-0.3, -0.25) is 4.90 Å². The minimum atomic E-state index is 0.686. The van der Waals surface area contributed by atoms with Crippen LogP contribution < -0.4 is 5.32 Å². The van der Waals surface area contributed by atoms with Crippen molar-refractivity contribution in [1.82, 2.24) is 19.8 Å². The van der Waals surface area contributed by atoms with Gasteiger partial charge in [-0.15, -0.1) is 0 Å². The number of nitrogens with zero attached hydrogens (tertiary/aromatic N) is 3. The smallest absolute Gasteiger partial charge is 0.0951 e. The Labute approximate surface area is 122 Å². The second-order valence-electron chi connectivity index (χ2n) is 6.90. The maximum Gasteiger partial charge on any atom is 0.0951 e. The molecule has 20 heavy (non-hydrogen) atoms. The van der Waals surface area contributed by atoms with Gasteiger partial charge in [-0.05, 0) is 38.1 Å². The van der Waals surface area contributed by atoms with E-state index in [0.29, 0.717) is 12.0 Å². The van der Waals surface area contributed by atoms with E-state index in [1.165, 1.54) is 51.0 Å². The highest BCUT2D eigenvalue weighted by atomic mass is 15.2. The normalized spacial score (nSPS) is 23.1. The number of hydrogen-bond donors (Lipinski definition) is 1. The van der Waals surface area contributed by atoms with Crippen molar-refractivity contribution in [2.45, 2.75) is 58.2 Å². The SMILES string of the molecule is CC(C)CN(Cc1cncn1C1CC1)CC1CCCN1. The fourth-order valence-corrected chi connectivity index (χ4v) is 3.31. The van der Waals surface area contributed by atoms with Crippen LogP contribution in [0.1, 0.15) is 51.3 Å². The topological polar surface area (TPSA) is 33.1 Å². The number of hydrogen-bond acceptors (Lipinski definition) is 3. The molecule has 0 spiro atoms. The van der Waals surface area contributed by atoms with E-state index in [9.17, 15) is 0 Å². The predicted molar refractivity (Wildman–Crippen MR) is 81.6 cm³/mol. The third-order valence-corrected chi connectivity index (χ3v) is 4.34. The summed E-state index contributed by atoms with van der Waals surface area (Å²) < 4.78 is 2.40. The van der Waals surface area contributed by atoms with Crippen LogP contribution in [0.2, 0.25) is 0 Å². The van der Waals surface area contributed by atoms with Gasteiger partial charge in [0.2, 0.25) is 0 Å². The van der Waals surface area contributed by atoms with Gasteiger partial charge in [0, 0.05) is 37.9 Å². The fraction of sp³-hybridized carbons (Fsp3) is 0.812. The lowest BCUT2D eigenvalue weighted by atomic mass is 10.1. The van der Waals surface area contributed by atoms with Crippen LogP contribution >= 0.6 is 0 Å². The minimum Gasteiger partial charge on any atom is -0.330 e. The summed E-state index contributed by atoms with van der Waals surface area (Å²) in [7, 11) is 0. The van der Waals surface area contributed by atoms with Crippen LogP contribution in [0, 0.1) is 5.92 Å². The molecule has 1 aliphatic carbocycles. The van der Waals surface area contributed by atoms with Crippen LogP contribution in [0.4, 0.5) is 0 Å². The van der Waals surface area contributed by atoms with Gasteiger partial charge in [-0.2, -0.15) is 0 Å². The molecule has 1 saturated carbocycles. The second-order valence-corrected chi connectivity index (χ2v) is 6.90. The van der Waals surface area contributed by atoms with E-state index in [2.05, 4.69) is 39.8 Å². The van der Waals surface area contributed by atoms with Gasteiger partial charge in [0.05, 0.1) is 12.0 Å². The summed E-state index contributed by atoms with van der Waals surface area (Å²) in [5.41, 5.74) is 1.39. The van der Waals surface area contributed by atoms with Crippen molar-refractivity contribution >= 4 is 0 Å². The molecule has 1 aromatic rings. The van der Waals surface area contributed by atoms with Crippen molar-refractivity contribution in [2.24, 2.45) is 5.92 Å². The van der Waals surface area contributed by atoms with E-state index < -0.39 is 0 Å². The lowest BCUT2D eigenvalue weighted by Crippen LogP contribution is -2.39. The van der Waals surface area contributed by atoms with Crippen LogP contribution in [-0.2, 0) is 6.54 Å². The van der Waals surface area contributed by atoms with Gasteiger partial charge >= 0.3 is 0 Å². The summed E-state index contributed by atoms with van der Waals surface area (Å²) in [6.45, 7) is 9.22. The van der Waals surface area contributed by atoms with Gasteiger partial charge in [0.1, 0.15) is 0 Å². The molecule has 0 amide bonds. The predicted octanol–water partition coefficient (Wildman–Crippen LogP) is 2.43. The summed E-state index contributed by atoms with van der Waals surface area (Å²) in [6, 6.07) is 1.42. The number of aromatic nitrogens is 2. The van der Waals surface area contributed by atoms with Crippen molar-refractivity contribution in [2.75, 3.05) is 19.6 Å². The summed E-state index contributed by atoms with van der Waals surface area (Å²) in [6.07, 6.45) is 9.41. The summed E-state index contributed by atoms with van der Waals surface area (Å²) in [5, 5.41) is 3.63. The minimum absolute atomic E-state index is 0.686. The molecule has 1 aromatic heterocycles. The van der Waals surface area contributed by atoms with Crippen LogP contribution in [0.3, 0.4) is 0 Å². The monoisotopic (exact) mass is 276 g/mol. The largest absolute Gasteiger partial charge is 0.330 e. The fourth-order valence-electron chi connectivity index (χ4n) is 3.31. The van der Waals surface area contributed by atoms with E-state index in [4.69, 9.17) is 0 Å². The molecular weight excluding hydrogens is 248 g/mol. The molecule has 1 atom stereocenters. The first-order chi connectivity index (χ1) is 9.72. The third-order valence-electron chi connectivity index (χ3n) is 4.34. The zero-order valence-corrected chi connectivity index (χ0v) is 12.9. The molecule has 0 aromatic carbocycles. The summed E-state index contributed by atoms with van der Waals surface area (Å²) in [4.78, 5) is 6.98. The van der Waals surface area contributed by atoms with Crippen LogP contribution in [0.15, 0.2) is 12.5 Å². The summed E-state index contributed by atoms with van der Waals surface area (Å²) in [5.74, 6) is 0.716. The second kappa shape index (κ2) is 6.27. The zero-order chi connectivity index (χ0) is 13.9. The van der Waals surface area contributed by atoms with Gasteiger partial charge in [-0.25, -0.2) is 4.98 Å². The number of imidazole rings is 1. The van der Waals surface area contributed by atoms with Crippen molar-refractivity contribution in [3.8, 4) is 0 Å². The Kier molecular flexibility index (Phi) is 4.41. The van der Waals surface area contributed by atoms with Crippen LogP contribution in [0.5, 0.6) is 0 Å². The molecule has 0 radical (unpaired) electrons. The number of nitrogens with one attached hydrogen (secondary N) is 1. The molecule has 3 rings (SSSR count). The quantitative estimate of drug-likeness (QED) is 0.830. The molecule has 1 N–H and O–H groups in total. The molecule has 1 unspecified atom stereocenters. The maximum absolute atomic E-state index is 4.37. The van der Waals surface area contributed by atoms with Crippen molar-refractivity contribution in [3.63, 3.8) is 0 Å². The van der Waals surface area contributed by atoms with E-state index in [1.807, 2.05) is 6.33 Å². The van der Waals surface area contributed by atoms with Crippen LogP contribution in [-0.4, -0.2) is 40.1 Å². The molecule has 1 saturated heterocycles. The van der Waals surface area contributed by atoms with E-state index in [0.717, 1.165) is 12.6 Å². The first-order valence-corrected chi connectivity index (χ1v) is 8.19. The first-order valence-electron chi connectivity index (χ1n) is 8.19. The van der Waals surface area contributed by atoms with Gasteiger partial charge < -0.3 is 9.88 Å². The standard InChI is InChI=1S/C16H28N4/c1-13(2)9-19(10-14-4-3-7-18-14)11-16-8-17-12-20(16)15-5-6-15/h8,12-15,18H,3-7,9-11H2,1-2H3. The third kappa shape index (κ3) is 3.61. The highest BCUT2D eigenvalue weighted by Crippen LogP contribution is 2.35. The highest BCUT2D eigenvalue weighted by molar-refractivity contribution is 5.03. The Bertz CT molecular complexity index is 416. The average molecular weight is 276 g/mol. The Morgan fingerprint density at radius 3 is 2.90 bits per heavy atom. The van der Waals surface area contributed by atoms with Gasteiger partial charge in [-0.1, -0.05) is 13.8 Å². The lowest BCUT2D eigenvalue weighted by Gasteiger charge is -2.27. The average Bonchev–Trinajstić information content (AvgIpc) is 2.92. The van der Waals surface area contributed by atoms with E-state index in [-0.39, 0.29) is 0 Å². The molecule has 2 fully saturated rings. The number of rotatable bonds is 7. The van der Waals surface area contributed by atoms with Crippen molar-refractivity contribution in [3.05, 3.63) is 18.2 Å². The van der Waals surface area contributed by atoms with Crippen LogP contribution in [0.25, 0.3) is 0 Å². The Morgan fingerprint density at radius 2 is 2.25 bits per heavy atom. The first kappa shape index (κ1) is 14.1. The maximum atomic E-state index is 4.37. The lowest BCUT2D eigenvalue weighted by molar-refractivity contribution is 0.211. The molecule has 112 valence electrons. The Hall–Kier alpha value is -0.870. The Morgan fingerprint density at radius 1 is 1.40 bits per heavy atom. The molecule has 1 aliphatic heterocycles. The molecule has 4 nitrogen and oxygen atoms in total. The molecule has 2 heterocycles. The zero-order valence-electron chi connectivity index (χ0n) is 12.9. The Balaban J connectivity index is 1.63.